The molecular formula is C18H25N3. The van der Waals surface area contributed by atoms with Crippen LogP contribution in [0.2, 0.25) is 0 Å². The van der Waals surface area contributed by atoms with Crippen LogP contribution in [0.25, 0.3) is 0 Å². The van der Waals surface area contributed by atoms with Gasteiger partial charge in [-0.05, 0) is 43.5 Å². The van der Waals surface area contributed by atoms with Crippen molar-refractivity contribution in [2.24, 2.45) is 0 Å². The minimum Gasteiger partial charge on any atom is -0.398 e. The Balaban J connectivity index is 2.15. The van der Waals surface area contributed by atoms with Crippen molar-refractivity contribution in [1.29, 1.82) is 0 Å². The quantitative estimate of drug-likeness (QED) is 0.879. The maximum Gasteiger partial charge on any atom is 0.0593 e. The second kappa shape index (κ2) is 7.23. The third kappa shape index (κ3) is 4.05. The van der Waals surface area contributed by atoms with Gasteiger partial charge in [0.15, 0.2) is 0 Å². The topological polar surface area (TPSA) is 42.2 Å². The van der Waals surface area contributed by atoms with E-state index in [4.69, 9.17) is 5.73 Å². The first kappa shape index (κ1) is 15.5. The lowest BCUT2D eigenvalue weighted by Gasteiger charge is -2.23. The fourth-order valence-electron chi connectivity index (χ4n) is 2.54. The predicted octanol–water partition coefficient (Wildman–Crippen LogP) is 3.69. The average Bonchev–Trinajstić information content (AvgIpc) is 2.49. The third-order valence-electron chi connectivity index (χ3n) is 3.84. The molecule has 3 nitrogen and oxygen atoms in total. The van der Waals surface area contributed by atoms with E-state index in [0.717, 1.165) is 48.6 Å². The van der Waals surface area contributed by atoms with Gasteiger partial charge in [-0.25, -0.2) is 0 Å². The number of pyridine rings is 1. The van der Waals surface area contributed by atoms with Gasteiger partial charge in [0.1, 0.15) is 0 Å². The number of aromatic nitrogens is 1. The first-order valence-electron chi connectivity index (χ1n) is 7.58. The summed E-state index contributed by atoms with van der Waals surface area (Å²) < 4.78 is 0. The lowest BCUT2D eigenvalue weighted by atomic mass is 10.1. The summed E-state index contributed by atoms with van der Waals surface area (Å²) in [6, 6.07) is 10.6. The van der Waals surface area contributed by atoms with Crippen molar-refractivity contribution in [3.8, 4) is 0 Å². The molecule has 0 atom stereocenters. The molecule has 1 aromatic heterocycles. The molecule has 21 heavy (non-hydrogen) atoms. The van der Waals surface area contributed by atoms with Crippen molar-refractivity contribution in [2.75, 3.05) is 12.3 Å². The zero-order chi connectivity index (χ0) is 15.2. The van der Waals surface area contributed by atoms with E-state index in [9.17, 15) is 0 Å². The molecule has 0 unspecified atom stereocenters. The molecule has 3 heteroatoms. The summed E-state index contributed by atoms with van der Waals surface area (Å²) in [5.41, 5.74) is 11.6. The van der Waals surface area contributed by atoms with Crippen LogP contribution in [0.4, 0.5) is 5.69 Å². The van der Waals surface area contributed by atoms with E-state index in [1.54, 1.807) is 0 Å². The van der Waals surface area contributed by atoms with E-state index in [0.29, 0.717) is 0 Å². The SMILES string of the molecule is CCCN(Cc1ccccc1)Cc1ncc(C)c(N)c1C. The number of anilines is 1. The molecule has 0 amide bonds. The van der Waals surface area contributed by atoms with Crippen molar-refractivity contribution >= 4 is 5.69 Å². The minimum atomic E-state index is 0.846. The lowest BCUT2D eigenvalue weighted by molar-refractivity contribution is 0.254. The monoisotopic (exact) mass is 283 g/mol. The van der Waals surface area contributed by atoms with Gasteiger partial charge in [0.2, 0.25) is 0 Å². The highest BCUT2D eigenvalue weighted by molar-refractivity contribution is 5.53. The fourth-order valence-corrected chi connectivity index (χ4v) is 2.54. The lowest BCUT2D eigenvalue weighted by Crippen LogP contribution is -2.25. The van der Waals surface area contributed by atoms with Crippen LogP contribution < -0.4 is 5.73 Å². The average molecular weight is 283 g/mol. The second-order valence-electron chi connectivity index (χ2n) is 5.62. The highest BCUT2D eigenvalue weighted by atomic mass is 15.1. The number of nitrogens with zero attached hydrogens (tertiary/aromatic N) is 2. The summed E-state index contributed by atoms with van der Waals surface area (Å²) in [5.74, 6) is 0. The number of nitrogen functional groups attached to an aromatic ring is 1. The van der Waals surface area contributed by atoms with Gasteiger partial charge in [0, 0.05) is 25.0 Å². The molecule has 0 aliphatic heterocycles. The van der Waals surface area contributed by atoms with Crippen molar-refractivity contribution < 1.29 is 0 Å². The van der Waals surface area contributed by atoms with Crippen LogP contribution in [0.5, 0.6) is 0 Å². The Labute approximate surface area is 127 Å². The van der Waals surface area contributed by atoms with Gasteiger partial charge in [-0.3, -0.25) is 9.88 Å². The Bertz CT molecular complexity index is 579. The number of benzene rings is 1. The van der Waals surface area contributed by atoms with Gasteiger partial charge in [0.05, 0.1) is 5.69 Å². The first-order valence-corrected chi connectivity index (χ1v) is 7.58. The Morgan fingerprint density at radius 2 is 1.81 bits per heavy atom. The summed E-state index contributed by atoms with van der Waals surface area (Å²) in [7, 11) is 0. The summed E-state index contributed by atoms with van der Waals surface area (Å²) in [4.78, 5) is 7.01. The fraction of sp³-hybridized carbons (Fsp3) is 0.389. The van der Waals surface area contributed by atoms with Crippen molar-refractivity contribution in [2.45, 2.75) is 40.3 Å². The van der Waals surface area contributed by atoms with Crippen LogP contribution >= 0.6 is 0 Å². The molecule has 0 aliphatic carbocycles. The standard InChI is InChI=1S/C18H25N3/c1-4-10-21(12-16-8-6-5-7-9-16)13-17-15(3)18(19)14(2)11-20-17/h5-9,11H,4,10,12-13H2,1-3H3,(H2,19,20). The Morgan fingerprint density at radius 1 is 1.10 bits per heavy atom. The molecule has 0 saturated heterocycles. The molecule has 0 saturated carbocycles. The van der Waals surface area contributed by atoms with Gasteiger partial charge in [-0.1, -0.05) is 37.3 Å². The number of hydrogen-bond acceptors (Lipinski definition) is 3. The maximum atomic E-state index is 6.13. The molecule has 0 spiro atoms. The Morgan fingerprint density at radius 3 is 2.48 bits per heavy atom. The van der Waals surface area contributed by atoms with Crippen molar-refractivity contribution in [3.63, 3.8) is 0 Å². The molecule has 0 radical (unpaired) electrons. The summed E-state index contributed by atoms with van der Waals surface area (Å²) >= 11 is 0. The van der Waals surface area contributed by atoms with E-state index in [2.05, 4.69) is 54.1 Å². The van der Waals surface area contributed by atoms with Gasteiger partial charge in [-0.2, -0.15) is 0 Å². The number of hydrogen-bond donors (Lipinski definition) is 1. The molecule has 2 N–H and O–H groups in total. The molecule has 112 valence electrons. The van der Waals surface area contributed by atoms with E-state index in [1.165, 1.54) is 5.56 Å². The van der Waals surface area contributed by atoms with Crippen LogP contribution in [0.3, 0.4) is 0 Å². The molecule has 1 aromatic carbocycles. The number of aryl methyl sites for hydroxylation is 1. The minimum absolute atomic E-state index is 0.846. The molecule has 2 aromatic rings. The van der Waals surface area contributed by atoms with E-state index in [1.807, 2.05) is 13.1 Å². The third-order valence-corrected chi connectivity index (χ3v) is 3.84. The van der Waals surface area contributed by atoms with E-state index >= 15 is 0 Å². The summed E-state index contributed by atoms with van der Waals surface area (Å²) in [5, 5.41) is 0. The van der Waals surface area contributed by atoms with Crippen LogP contribution in [0.15, 0.2) is 36.5 Å². The normalized spacial score (nSPS) is 11.0. The van der Waals surface area contributed by atoms with Crippen molar-refractivity contribution in [1.82, 2.24) is 9.88 Å². The maximum absolute atomic E-state index is 6.13. The molecule has 2 rings (SSSR count). The predicted molar refractivity (Wildman–Crippen MR) is 89.0 cm³/mol. The summed E-state index contributed by atoms with van der Waals surface area (Å²) in [6.07, 6.45) is 3.01. The van der Waals surface area contributed by atoms with E-state index in [-0.39, 0.29) is 0 Å². The molecule has 0 aliphatic rings. The highest BCUT2D eigenvalue weighted by Crippen LogP contribution is 2.20. The van der Waals surface area contributed by atoms with Crippen LogP contribution in [-0.2, 0) is 13.1 Å². The van der Waals surface area contributed by atoms with Gasteiger partial charge in [-0.15, -0.1) is 0 Å². The molecule has 1 heterocycles. The highest BCUT2D eigenvalue weighted by Gasteiger charge is 2.11. The van der Waals surface area contributed by atoms with Crippen LogP contribution in [-0.4, -0.2) is 16.4 Å². The zero-order valence-electron chi connectivity index (χ0n) is 13.3. The number of nitrogens with two attached hydrogens (primary N) is 1. The van der Waals surface area contributed by atoms with Gasteiger partial charge in [0.25, 0.3) is 0 Å². The van der Waals surface area contributed by atoms with Gasteiger partial charge < -0.3 is 5.73 Å². The largest absolute Gasteiger partial charge is 0.398 e. The van der Waals surface area contributed by atoms with Gasteiger partial charge >= 0.3 is 0 Å². The van der Waals surface area contributed by atoms with E-state index < -0.39 is 0 Å². The van der Waals surface area contributed by atoms with Crippen LogP contribution in [0.1, 0.15) is 35.7 Å². The Kier molecular flexibility index (Phi) is 5.34. The van der Waals surface area contributed by atoms with Crippen LogP contribution in [0, 0.1) is 13.8 Å². The zero-order valence-corrected chi connectivity index (χ0v) is 13.3. The second-order valence-corrected chi connectivity index (χ2v) is 5.62. The van der Waals surface area contributed by atoms with Crippen molar-refractivity contribution in [3.05, 3.63) is 58.9 Å². The molecular weight excluding hydrogens is 258 g/mol. The number of rotatable bonds is 6. The molecule has 0 bridgehead atoms. The Hall–Kier alpha value is -1.87. The smallest absolute Gasteiger partial charge is 0.0593 e. The molecule has 0 fully saturated rings. The summed E-state index contributed by atoms with van der Waals surface area (Å²) in [6.45, 7) is 9.14. The first-order chi connectivity index (χ1) is 10.1.